The first-order valence-corrected chi connectivity index (χ1v) is 9.45. The van der Waals surface area contributed by atoms with Gasteiger partial charge in [-0.05, 0) is 44.2 Å². The van der Waals surface area contributed by atoms with Gasteiger partial charge in [-0.1, -0.05) is 6.07 Å². The number of amides is 1. The van der Waals surface area contributed by atoms with Crippen molar-refractivity contribution in [1.29, 1.82) is 0 Å². The van der Waals surface area contributed by atoms with E-state index in [0.717, 1.165) is 48.8 Å². The average Bonchev–Trinajstić information content (AvgIpc) is 2.99. The van der Waals surface area contributed by atoms with E-state index in [-0.39, 0.29) is 11.9 Å². The zero-order valence-corrected chi connectivity index (χ0v) is 16.1. The highest BCUT2D eigenvalue weighted by atomic mass is 16.6. The third-order valence-corrected chi connectivity index (χ3v) is 5.37. The molecule has 1 aromatic heterocycles. The van der Waals surface area contributed by atoms with Crippen LogP contribution in [0.2, 0.25) is 0 Å². The fraction of sp³-hybridized carbons (Fsp3) is 0.500. The Morgan fingerprint density at radius 3 is 2.78 bits per heavy atom. The summed E-state index contributed by atoms with van der Waals surface area (Å²) in [5.74, 6) is 1.43. The van der Waals surface area contributed by atoms with E-state index in [1.165, 1.54) is 0 Å². The molecular weight excluding hydrogens is 344 g/mol. The molecule has 144 valence electrons. The molecule has 0 unspecified atom stereocenters. The molecule has 0 fully saturated rings. The van der Waals surface area contributed by atoms with E-state index >= 15 is 0 Å². The lowest BCUT2D eigenvalue weighted by Gasteiger charge is -2.26. The van der Waals surface area contributed by atoms with Crippen molar-refractivity contribution in [3.63, 3.8) is 0 Å². The van der Waals surface area contributed by atoms with Crippen molar-refractivity contribution in [3.8, 4) is 11.5 Å². The first-order valence-electron chi connectivity index (χ1n) is 9.45. The van der Waals surface area contributed by atoms with Crippen LogP contribution in [0.25, 0.3) is 0 Å². The Bertz CT molecular complexity index is 848. The number of nitrogens with zero attached hydrogens (tertiary/aromatic N) is 4. The molecule has 0 N–H and O–H groups in total. The summed E-state index contributed by atoms with van der Waals surface area (Å²) in [5, 5.41) is 4.57. The molecule has 4 rings (SSSR count). The molecule has 0 saturated carbocycles. The van der Waals surface area contributed by atoms with Gasteiger partial charge in [0.2, 0.25) is 0 Å². The Kier molecular flexibility index (Phi) is 4.78. The van der Waals surface area contributed by atoms with Crippen molar-refractivity contribution in [1.82, 2.24) is 19.6 Å². The molecular formula is C20H26N4O3. The Balaban J connectivity index is 1.53. The number of hydrogen-bond acceptors (Lipinski definition) is 5. The van der Waals surface area contributed by atoms with E-state index in [1.807, 2.05) is 42.9 Å². The van der Waals surface area contributed by atoms with Crippen LogP contribution < -0.4 is 9.47 Å². The Labute approximate surface area is 159 Å². The SMILES string of the molecule is C[C@@H](c1ccc2c(c1)OCCO2)N(C)C(=O)c1cc2n(n1)CCCN(C)C2. The normalized spacial score (nSPS) is 17.7. The smallest absolute Gasteiger partial charge is 0.274 e. The van der Waals surface area contributed by atoms with Crippen molar-refractivity contribution in [2.45, 2.75) is 32.5 Å². The van der Waals surface area contributed by atoms with Crippen molar-refractivity contribution < 1.29 is 14.3 Å². The zero-order valence-electron chi connectivity index (χ0n) is 16.1. The highest BCUT2D eigenvalue weighted by Gasteiger charge is 2.25. The number of aryl methyl sites for hydroxylation is 1. The molecule has 2 aromatic rings. The minimum Gasteiger partial charge on any atom is -0.486 e. The van der Waals surface area contributed by atoms with Gasteiger partial charge in [0.25, 0.3) is 5.91 Å². The van der Waals surface area contributed by atoms with Crippen molar-refractivity contribution in [2.75, 3.05) is 33.9 Å². The second-order valence-corrected chi connectivity index (χ2v) is 7.33. The van der Waals surface area contributed by atoms with Gasteiger partial charge in [0.1, 0.15) is 13.2 Å². The molecule has 7 heteroatoms. The fourth-order valence-electron chi connectivity index (χ4n) is 3.63. The summed E-state index contributed by atoms with van der Waals surface area (Å²) in [6, 6.07) is 7.68. The fourth-order valence-corrected chi connectivity index (χ4v) is 3.63. The lowest BCUT2D eigenvalue weighted by molar-refractivity contribution is 0.0735. The van der Waals surface area contributed by atoms with Crippen LogP contribution in [-0.4, -0.2) is 59.3 Å². The third-order valence-electron chi connectivity index (χ3n) is 5.37. The van der Waals surface area contributed by atoms with Crippen LogP contribution in [-0.2, 0) is 13.1 Å². The molecule has 2 aliphatic heterocycles. The van der Waals surface area contributed by atoms with Gasteiger partial charge in [-0.2, -0.15) is 5.10 Å². The van der Waals surface area contributed by atoms with Crippen molar-refractivity contribution >= 4 is 5.91 Å². The summed E-state index contributed by atoms with van der Waals surface area (Å²) in [6.07, 6.45) is 1.04. The molecule has 1 aromatic carbocycles. The van der Waals surface area contributed by atoms with Gasteiger partial charge in [-0.25, -0.2) is 0 Å². The quantitative estimate of drug-likeness (QED) is 0.830. The van der Waals surface area contributed by atoms with E-state index in [0.29, 0.717) is 18.9 Å². The Morgan fingerprint density at radius 1 is 1.19 bits per heavy atom. The number of rotatable bonds is 3. The molecule has 0 bridgehead atoms. The number of ether oxygens (including phenoxy) is 2. The van der Waals surface area contributed by atoms with Gasteiger partial charge < -0.3 is 19.3 Å². The molecule has 1 atom stereocenters. The predicted molar refractivity (Wildman–Crippen MR) is 101 cm³/mol. The van der Waals surface area contributed by atoms with Crippen LogP contribution >= 0.6 is 0 Å². The van der Waals surface area contributed by atoms with Gasteiger partial charge in [-0.15, -0.1) is 0 Å². The summed E-state index contributed by atoms with van der Waals surface area (Å²) in [6.45, 7) is 5.86. The minimum absolute atomic E-state index is 0.0689. The van der Waals surface area contributed by atoms with Gasteiger partial charge in [-0.3, -0.25) is 9.48 Å². The summed E-state index contributed by atoms with van der Waals surface area (Å²) in [5.41, 5.74) is 2.61. The molecule has 0 spiro atoms. The molecule has 7 nitrogen and oxygen atoms in total. The molecule has 27 heavy (non-hydrogen) atoms. The van der Waals surface area contributed by atoms with Crippen LogP contribution in [0.3, 0.4) is 0 Å². The molecule has 1 amide bonds. The van der Waals surface area contributed by atoms with Gasteiger partial charge >= 0.3 is 0 Å². The van der Waals surface area contributed by atoms with Crippen LogP contribution in [0.5, 0.6) is 11.5 Å². The molecule has 2 aliphatic rings. The molecule has 0 saturated heterocycles. The Morgan fingerprint density at radius 2 is 1.96 bits per heavy atom. The third kappa shape index (κ3) is 3.51. The second-order valence-electron chi connectivity index (χ2n) is 7.33. The van der Waals surface area contributed by atoms with Gasteiger partial charge in [0.05, 0.1) is 11.7 Å². The van der Waals surface area contributed by atoms with E-state index in [2.05, 4.69) is 17.0 Å². The maximum Gasteiger partial charge on any atom is 0.274 e. The number of benzene rings is 1. The summed E-state index contributed by atoms with van der Waals surface area (Å²) in [7, 11) is 3.92. The highest BCUT2D eigenvalue weighted by molar-refractivity contribution is 5.92. The van der Waals surface area contributed by atoms with E-state index < -0.39 is 0 Å². The number of aromatic nitrogens is 2. The molecule has 0 radical (unpaired) electrons. The zero-order chi connectivity index (χ0) is 19.0. The number of carbonyl (C=O) groups excluding carboxylic acids is 1. The molecule has 0 aliphatic carbocycles. The lowest BCUT2D eigenvalue weighted by atomic mass is 10.1. The standard InChI is InChI=1S/C20H26N4O3/c1-14(15-5-6-18-19(11-15)27-10-9-26-18)23(3)20(25)17-12-16-13-22(2)7-4-8-24(16)21-17/h5-6,11-12,14H,4,7-10,13H2,1-3H3/t14-/m0/s1. The van der Waals surface area contributed by atoms with E-state index in [9.17, 15) is 4.79 Å². The van der Waals surface area contributed by atoms with Crippen molar-refractivity contribution in [3.05, 3.63) is 41.2 Å². The lowest BCUT2D eigenvalue weighted by Crippen LogP contribution is -2.30. The van der Waals surface area contributed by atoms with Crippen molar-refractivity contribution in [2.24, 2.45) is 0 Å². The maximum atomic E-state index is 13.0. The van der Waals surface area contributed by atoms with Crippen LogP contribution in [0, 0.1) is 0 Å². The second kappa shape index (κ2) is 7.23. The highest BCUT2D eigenvalue weighted by Crippen LogP contribution is 2.34. The first kappa shape index (κ1) is 17.9. The minimum atomic E-state index is -0.0995. The predicted octanol–water partition coefficient (Wildman–Crippen LogP) is 2.32. The van der Waals surface area contributed by atoms with Gasteiger partial charge in [0, 0.05) is 26.7 Å². The summed E-state index contributed by atoms with van der Waals surface area (Å²) >= 11 is 0. The average molecular weight is 370 g/mol. The largest absolute Gasteiger partial charge is 0.486 e. The topological polar surface area (TPSA) is 59.8 Å². The van der Waals surface area contributed by atoms with Crippen LogP contribution in [0.15, 0.2) is 24.3 Å². The van der Waals surface area contributed by atoms with Crippen LogP contribution in [0.4, 0.5) is 0 Å². The first-order chi connectivity index (χ1) is 13.0. The molecule has 3 heterocycles. The Hall–Kier alpha value is -2.54. The van der Waals surface area contributed by atoms with E-state index in [1.54, 1.807) is 4.90 Å². The number of carbonyl (C=O) groups is 1. The summed E-state index contributed by atoms with van der Waals surface area (Å²) in [4.78, 5) is 17.0. The number of hydrogen-bond donors (Lipinski definition) is 0. The monoisotopic (exact) mass is 370 g/mol. The van der Waals surface area contributed by atoms with E-state index in [4.69, 9.17) is 9.47 Å². The maximum absolute atomic E-state index is 13.0. The summed E-state index contributed by atoms with van der Waals surface area (Å²) < 4.78 is 13.2. The number of fused-ring (bicyclic) bond motifs is 2. The van der Waals surface area contributed by atoms with Gasteiger partial charge in [0.15, 0.2) is 17.2 Å². The van der Waals surface area contributed by atoms with Crippen LogP contribution in [0.1, 0.15) is 41.1 Å².